The molecule has 0 bridgehead atoms. The van der Waals surface area contributed by atoms with Crippen LogP contribution in [0.5, 0.6) is 0 Å². The van der Waals surface area contributed by atoms with Gasteiger partial charge in [-0.2, -0.15) is 0 Å². The van der Waals surface area contributed by atoms with E-state index in [0.29, 0.717) is 5.02 Å². The molecule has 0 saturated carbocycles. The van der Waals surface area contributed by atoms with Crippen molar-refractivity contribution in [2.45, 2.75) is 6.92 Å². The highest BCUT2D eigenvalue weighted by atomic mass is 79.9. The SMILES string of the molecule is Cc1cccc(-c2cnc(Br)cc2Cl)c1. The highest BCUT2D eigenvalue weighted by Gasteiger charge is 2.04. The van der Waals surface area contributed by atoms with Crippen LogP contribution in [0.1, 0.15) is 5.56 Å². The molecule has 0 saturated heterocycles. The van der Waals surface area contributed by atoms with Crippen molar-refractivity contribution < 1.29 is 0 Å². The van der Waals surface area contributed by atoms with Crippen molar-refractivity contribution in [1.29, 1.82) is 0 Å². The van der Waals surface area contributed by atoms with E-state index in [0.717, 1.165) is 15.7 Å². The van der Waals surface area contributed by atoms with E-state index in [1.165, 1.54) is 5.56 Å². The standard InChI is InChI=1S/C12H9BrClN/c1-8-3-2-4-9(5-8)10-7-15-12(13)6-11(10)14/h2-7H,1H3. The normalized spacial score (nSPS) is 10.3. The Morgan fingerprint density at radius 3 is 2.73 bits per heavy atom. The van der Waals surface area contributed by atoms with E-state index in [1.807, 2.05) is 12.1 Å². The van der Waals surface area contributed by atoms with Crippen LogP contribution < -0.4 is 0 Å². The number of hydrogen-bond acceptors (Lipinski definition) is 1. The van der Waals surface area contributed by atoms with Crippen LogP contribution in [0.4, 0.5) is 0 Å². The summed E-state index contributed by atoms with van der Waals surface area (Å²) in [6.45, 7) is 2.06. The lowest BCUT2D eigenvalue weighted by Gasteiger charge is -2.05. The van der Waals surface area contributed by atoms with Gasteiger partial charge in [-0.25, -0.2) is 4.98 Å². The minimum absolute atomic E-state index is 0.711. The third kappa shape index (κ3) is 2.39. The second kappa shape index (κ2) is 4.33. The average molecular weight is 283 g/mol. The Morgan fingerprint density at radius 1 is 1.27 bits per heavy atom. The van der Waals surface area contributed by atoms with Crippen molar-refractivity contribution in [3.05, 3.63) is 51.7 Å². The van der Waals surface area contributed by atoms with E-state index in [-0.39, 0.29) is 0 Å². The minimum atomic E-state index is 0.711. The van der Waals surface area contributed by atoms with Crippen LogP contribution >= 0.6 is 27.5 Å². The van der Waals surface area contributed by atoms with Gasteiger partial charge in [0.15, 0.2) is 0 Å². The molecule has 0 unspecified atom stereocenters. The van der Waals surface area contributed by atoms with E-state index >= 15 is 0 Å². The summed E-state index contributed by atoms with van der Waals surface area (Å²) in [6, 6.07) is 10.0. The summed E-state index contributed by atoms with van der Waals surface area (Å²) in [7, 11) is 0. The number of nitrogens with zero attached hydrogens (tertiary/aromatic N) is 1. The summed E-state index contributed by atoms with van der Waals surface area (Å²) in [4.78, 5) is 4.18. The fourth-order valence-electron chi connectivity index (χ4n) is 1.43. The summed E-state index contributed by atoms with van der Waals surface area (Å²) >= 11 is 9.43. The van der Waals surface area contributed by atoms with Gasteiger partial charge in [0.2, 0.25) is 0 Å². The average Bonchev–Trinajstić information content (AvgIpc) is 2.17. The minimum Gasteiger partial charge on any atom is -0.249 e. The molecule has 0 radical (unpaired) electrons. The van der Waals surface area contributed by atoms with Gasteiger partial charge in [0.1, 0.15) is 4.60 Å². The van der Waals surface area contributed by atoms with Crippen molar-refractivity contribution in [2.24, 2.45) is 0 Å². The second-order valence-corrected chi connectivity index (χ2v) is 4.58. The molecular formula is C12H9BrClN. The Hall–Kier alpha value is -0.860. The third-order valence-electron chi connectivity index (χ3n) is 2.15. The van der Waals surface area contributed by atoms with Crippen molar-refractivity contribution in [3.8, 4) is 11.1 Å². The van der Waals surface area contributed by atoms with Gasteiger partial charge in [0.25, 0.3) is 0 Å². The zero-order chi connectivity index (χ0) is 10.8. The third-order valence-corrected chi connectivity index (χ3v) is 2.90. The summed E-state index contributed by atoms with van der Waals surface area (Å²) in [6.07, 6.45) is 1.78. The van der Waals surface area contributed by atoms with Gasteiger partial charge in [-0.1, -0.05) is 41.4 Å². The Balaban J connectivity index is 2.54. The van der Waals surface area contributed by atoms with Crippen molar-refractivity contribution >= 4 is 27.5 Å². The largest absolute Gasteiger partial charge is 0.249 e. The first kappa shape index (κ1) is 10.7. The van der Waals surface area contributed by atoms with Gasteiger partial charge < -0.3 is 0 Å². The predicted octanol–water partition coefficient (Wildman–Crippen LogP) is 4.47. The van der Waals surface area contributed by atoms with Gasteiger partial charge in [0, 0.05) is 11.8 Å². The maximum absolute atomic E-state index is 6.15. The van der Waals surface area contributed by atoms with E-state index in [1.54, 1.807) is 12.3 Å². The first-order valence-electron chi connectivity index (χ1n) is 4.55. The van der Waals surface area contributed by atoms with Crippen LogP contribution in [0, 0.1) is 6.92 Å². The number of halogens is 2. The molecule has 1 nitrogen and oxygen atoms in total. The zero-order valence-corrected chi connectivity index (χ0v) is 10.5. The molecular weight excluding hydrogens is 273 g/mol. The summed E-state index contributed by atoms with van der Waals surface area (Å²) in [5.74, 6) is 0. The summed E-state index contributed by atoms with van der Waals surface area (Å²) < 4.78 is 0.754. The molecule has 76 valence electrons. The van der Waals surface area contributed by atoms with Crippen molar-refractivity contribution in [3.63, 3.8) is 0 Å². The molecule has 1 aromatic carbocycles. The Morgan fingerprint density at radius 2 is 2.07 bits per heavy atom. The number of benzene rings is 1. The van der Waals surface area contributed by atoms with Crippen molar-refractivity contribution in [1.82, 2.24) is 4.98 Å². The molecule has 3 heteroatoms. The molecule has 0 aliphatic rings. The van der Waals surface area contributed by atoms with E-state index in [9.17, 15) is 0 Å². The molecule has 0 aliphatic carbocycles. The number of rotatable bonds is 1. The summed E-state index contributed by atoms with van der Waals surface area (Å²) in [5, 5.41) is 0.711. The quantitative estimate of drug-likeness (QED) is 0.703. The molecule has 0 atom stereocenters. The predicted molar refractivity (Wildman–Crippen MR) is 67.1 cm³/mol. The molecule has 1 heterocycles. The first-order chi connectivity index (χ1) is 7.16. The van der Waals surface area contributed by atoms with E-state index < -0.39 is 0 Å². The van der Waals surface area contributed by atoms with Crippen molar-refractivity contribution in [2.75, 3.05) is 0 Å². The monoisotopic (exact) mass is 281 g/mol. The van der Waals surface area contributed by atoms with Gasteiger partial charge >= 0.3 is 0 Å². The molecule has 15 heavy (non-hydrogen) atoms. The fourth-order valence-corrected chi connectivity index (χ4v) is 2.16. The molecule has 2 aromatic rings. The van der Waals surface area contributed by atoms with Crippen LogP contribution in [-0.4, -0.2) is 4.98 Å². The molecule has 0 aliphatic heterocycles. The fraction of sp³-hybridized carbons (Fsp3) is 0.0833. The Bertz CT molecular complexity index is 497. The Labute approximate surface area is 102 Å². The maximum atomic E-state index is 6.15. The van der Waals surface area contributed by atoms with Gasteiger partial charge in [-0.3, -0.25) is 0 Å². The second-order valence-electron chi connectivity index (χ2n) is 3.36. The van der Waals surface area contributed by atoms with E-state index in [4.69, 9.17) is 11.6 Å². The molecule has 2 rings (SSSR count). The first-order valence-corrected chi connectivity index (χ1v) is 5.72. The Kier molecular flexibility index (Phi) is 3.08. The number of pyridine rings is 1. The zero-order valence-electron chi connectivity index (χ0n) is 8.17. The number of aryl methyl sites for hydroxylation is 1. The number of aromatic nitrogens is 1. The molecule has 1 aromatic heterocycles. The topological polar surface area (TPSA) is 12.9 Å². The molecule has 0 N–H and O–H groups in total. The maximum Gasteiger partial charge on any atom is 0.107 e. The number of hydrogen-bond donors (Lipinski definition) is 0. The van der Waals surface area contributed by atoms with E-state index in [2.05, 4.69) is 40.0 Å². The van der Waals surface area contributed by atoms with Crippen LogP contribution in [0.15, 0.2) is 41.1 Å². The van der Waals surface area contributed by atoms with Crippen LogP contribution in [0.25, 0.3) is 11.1 Å². The molecule has 0 spiro atoms. The molecule has 0 amide bonds. The smallest absolute Gasteiger partial charge is 0.107 e. The lowest BCUT2D eigenvalue weighted by molar-refractivity contribution is 1.28. The lowest BCUT2D eigenvalue weighted by Crippen LogP contribution is -1.83. The highest BCUT2D eigenvalue weighted by Crippen LogP contribution is 2.29. The highest BCUT2D eigenvalue weighted by molar-refractivity contribution is 9.10. The van der Waals surface area contributed by atoms with Crippen LogP contribution in [-0.2, 0) is 0 Å². The van der Waals surface area contributed by atoms with Gasteiger partial charge in [-0.05, 0) is 34.5 Å². The van der Waals surface area contributed by atoms with Gasteiger partial charge in [-0.15, -0.1) is 0 Å². The lowest BCUT2D eigenvalue weighted by atomic mass is 10.1. The van der Waals surface area contributed by atoms with Crippen LogP contribution in [0.2, 0.25) is 5.02 Å². The summed E-state index contributed by atoms with van der Waals surface area (Å²) in [5.41, 5.74) is 3.27. The molecule has 0 fully saturated rings. The van der Waals surface area contributed by atoms with Gasteiger partial charge in [0.05, 0.1) is 5.02 Å². The van der Waals surface area contributed by atoms with Crippen LogP contribution in [0.3, 0.4) is 0 Å².